The highest BCUT2D eigenvalue weighted by Crippen LogP contribution is 2.30. The molecule has 0 amide bonds. The molecule has 86 valence electrons. The molecule has 0 saturated heterocycles. The van der Waals surface area contributed by atoms with Crippen LogP contribution in [0, 0.1) is 23.1 Å². The molecule has 0 bridgehead atoms. The van der Waals surface area contributed by atoms with E-state index in [-0.39, 0.29) is 10.3 Å². The lowest BCUT2D eigenvalue weighted by Gasteiger charge is -2.08. The molecule has 0 spiro atoms. The summed E-state index contributed by atoms with van der Waals surface area (Å²) in [6, 6.07) is 5.16. The number of hydrogen-bond donors (Lipinski definition) is 0. The second kappa shape index (κ2) is 6.48. The molecule has 16 heavy (non-hydrogen) atoms. The average Bonchev–Trinajstić information content (AvgIpc) is 2.30. The van der Waals surface area contributed by atoms with E-state index in [9.17, 15) is 4.39 Å². The van der Waals surface area contributed by atoms with Crippen LogP contribution in [0.2, 0.25) is 0 Å². The maximum atomic E-state index is 13.8. The van der Waals surface area contributed by atoms with Gasteiger partial charge in [-0.1, -0.05) is 6.92 Å². The molecule has 1 unspecified atom stereocenters. The van der Waals surface area contributed by atoms with E-state index in [1.807, 2.05) is 13.0 Å². The number of benzene rings is 1. The summed E-state index contributed by atoms with van der Waals surface area (Å²) in [4.78, 5) is 0.544. The van der Waals surface area contributed by atoms with E-state index in [4.69, 9.17) is 16.9 Å². The molecule has 0 aromatic heterocycles. The fourth-order valence-electron chi connectivity index (χ4n) is 1.01. The Hall–Kier alpha value is -0.240. The van der Waals surface area contributed by atoms with Crippen LogP contribution in [-0.2, 0) is 0 Å². The zero-order valence-electron chi connectivity index (χ0n) is 8.64. The van der Waals surface area contributed by atoms with Crippen molar-refractivity contribution in [3.63, 3.8) is 0 Å². The van der Waals surface area contributed by atoms with E-state index in [2.05, 4.69) is 15.9 Å². The first-order valence-electron chi connectivity index (χ1n) is 4.67. The molecule has 0 aliphatic carbocycles. The monoisotopic (exact) mass is 321 g/mol. The van der Waals surface area contributed by atoms with Crippen molar-refractivity contribution in [1.29, 1.82) is 5.26 Å². The smallest absolute Gasteiger partial charge is 0.152 e. The van der Waals surface area contributed by atoms with E-state index in [0.717, 1.165) is 5.75 Å². The van der Waals surface area contributed by atoms with Crippen LogP contribution in [0.5, 0.6) is 0 Å². The Kier molecular flexibility index (Phi) is 5.60. The van der Waals surface area contributed by atoms with Gasteiger partial charge >= 0.3 is 0 Å². The van der Waals surface area contributed by atoms with Gasteiger partial charge in [-0.25, -0.2) is 4.39 Å². The van der Waals surface area contributed by atoms with Crippen LogP contribution in [-0.4, -0.2) is 11.6 Å². The summed E-state index contributed by atoms with van der Waals surface area (Å²) in [7, 11) is 0. The third-order valence-corrected chi connectivity index (χ3v) is 4.62. The van der Waals surface area contributed by atoms with Crippen molar-refractivity contribution in [3.05, 3.63) is 28.0 Å². The second-order valence-electron chi connectivity index (χ2n) is 3.42. The predicted molar refractivity (Wildman–Crippen MR) is 69.4 cm³/mol. The number of rotatable bonds is 4. The summed E-state index contributed by atoms with van der Waals surface area (Å²) in [5.41, 5.74) is 0.312. The van der Waals surface area contributed by atoms with Gasteiger partial charge in [0.1, 0.15) is 6.07 Å². The van der Waals surface area contributed by atoms with E-state index in [0.29, 0.717) is 22.3 Å². The zero-order chi connectivity index (χ0) is 12.1. The predicted octanol–water partition coefficient (Wildman–Crippen LogP) is 4.43. The molecule has 0 aliphatic heterocycles. The lowest BCUT2D eigenvalue weighted by Crippen LogP contribution is -1.99. The molecule has 0 fully saturated rings. The normalized spacial score (nSPS) is 12.2. The van der Waals surface area contributed by atoms with Crippen LogP contribution in [0.1, 0.15) is 12.5 Å². The molecule has 0 radical (unpaired) electrons. The van der Waals surface area contributed by atoms with Crippen molar-refractivity contribution in [2.75, 3.05) is 11.6 Å². The Morgan fingerprint density at radius 2 is 2.31 bits per heavy atom. The first-order valence-corrected chi connectivity index (χ1v) is 6.98. The zero-order valence-corrected chi connectivity index (χ0v) is 11.8. The van der Waals surface area contributed by atoms with Crippen molar-refractivity contribution >= 4 is 39.3 Å². The second-order valence-corrected chi connectivity index (χ2v) is 5.58. The Bertz CT molecular complexity index is 419. The van der Waals surface area contributed by atoms with E-state index in [1.165, 1.54) is 11.8 Å². The molecule has 1 rings (SSSR count). The maximum Gasteiger partial charge on any atom is 0.152 e. The molecule has 0 heterocycles. The third-order valence-electron chi connectivity index (χ3n) is 1.95. The van der Waals surface area contributed by atoms with Gasteiger partial charge in [-0.3, -0.25) is 0 Å². The Morgan fingerprint density at radius 3 is 2.88 bits per heavy atom. The summed E-state index contributed by atoms with van der Waals surface area (Å²) in [6.45, 7) is 2.01. The van der Waals surface area contributed by atoms with Crippen LogP contribution in [0.3, 0.4) is 0 Å². The molecule has 1 aromatic rings. The number of alkyl halides is 1. The number of halogens is 3. The van der Waals surface area contributed by atoms with E-state index < -0.39 is 0 Å². The minimum absolute atomic E-state index is 0.235. The third kappa shape index (κ3) is 3.38. The lowest BCUT2D eigenvalue weighted by atomic mass is 10.2. The number of nitrogens with zero attached hydrogens (tertiary/aromatic N) is 1. The summed E-state index contributed by atoms with van der Waals surface area (Å²) in [6.07, 6.45) is 0. The van der Waals surface area contributed by atoms with Gasteiger partial charge in [-0.05, 0) is 34.0 Å². The van der Waals surface area contributed by atoms with Gasteiger partial charge in [0.25, 0.3) is 0 Å². The van der Waals surface area contributed by atoms with Crippen LogP contribution < -0.4 is 0 Å². The topological polar surface area (TPSA) is 23.8 Å². The summed E-state index contributed by atoms with van der Waals surface area (Å²) in [5.74, 6) is 1.29. The van der Waals surface area contributed by atoms with Gasteiger partial charge < -0.3 is 0 Å². The fourth-order valence-corrected chi connectivity index (χ4v) is 2.79. The lowest BCUT2D eigenvalue weighted by molar-refractivity contribution is 0.594. The van der Waals surface area contributed by atoms with E-state index in [1.54, 1.807) is 12.1 Å². The molecule has 5 heteroatoms. The Morgan fingerprint density at radius 1 is 1.62 bits per heavy atom. The van der Waals surface area contributed by atoms with Crippen molar-refractivity contribution in [2.24, 2.45) is 5.92 Å². The fraction of sp³-hybridized carbons (Fsp3) is 0.364. The maximum absolute atomic E-state index is 13.8. The van der Waals surface area contributed by atoms with Crippen LogP contribution in [0.25, 0.3) is 0 Å². The van der Waals surface area contributed by atoms with Crippen molar-refractivity contribution in [2.45, 2.75) is 11.8 Å². The standard InChI is InChI=1S/C11H10BrClFNS/c1-7(4-13)6-16-9-3-2-8(5-15)10(12)11(9)14/h2-3,7H,4,6H2,1H3. The molecular formula is C11H10BrClFNS. The molecule has 0 aliphatic rings. The quantitative estimate of drug-likeness (QED) is 0.605. The van der Waals surface area contributed by atoms with Crippen LogP contribution >= 0.6 is 39.3 Å². The molecule has 0 N–H and O–H groups in total. The molecule has 1 aromatic carbocycles. The average molecular weight is 323 g/mol. The Labute approximate surface area is 112 Å². The molecule has 0 saturated carbocycles. The van der Waals surface area contributed by atoms with Gasteiger partial charge in [0.15, 0.2) is 5.82 Å². The number of thioether (sulfide) groups is 1. The van der Waals surface area contributed by atoms with Gasteiger partial charge in [-0.15, -0.1) is 23.4 Å². The minimum Gasteiger partial charge on any atom is -0.204 e. The largest absolute Gasteiger partial charge is 0.204 e. The summed E-state index contributed by atoms with van der Waals surface area (Å²) in [5, 5.41) is 8.72. The Balaban J connectivity index is 2.84. The van der Waals surface area contributed by atoms with Crippen molar-refractivity contribution < 1.29 is 4.39 Å². The van der Waals surface area contributed by atoms with Crippen LogP contribution in [0.4, 0.5) is 4.39 Å². The van der Waals surface area contributed by atoms with Crippen molar-refractivity contribution in [1.82, 2.24) is 0 Å². The van der Waals surface area contributed by atoms with Crippen molar-refractivity contribution in [3.8, 4) is 6.07 Å². The highest BCUT2D eigenvalue weighted by Gasteiger charge is 2.12. The van der Waals surface area contributed by atoms with E-state index >= 15 is 0 Å². The minimum atomic E-state index is -0.370. The first kappa shape index (κ1) is 13.8. The highest BCUT2D eigenvalue weighted by atomic mass is 79.9. The molecule has 1 atom stereocenters. The SMILES string of the molecule is CC(CCl)CSc1ccc(C#N)c(Br)c1F. The van der Waals surface area contributed by atoms with Gasteiger partial charge in [0.2, 0.25) is 0 Å². The number of nitriles is 1. The summed E-state index contributed by atoms with van der Waals surface area (Å²) < 4.78 is 14.0. The molecule has 1 nitrogen and oxygen atoms in total. The highest BCUT2D eigenvalue weighted by molar-refractivity contribution is 9.10. The number of hydrogen-bond acceptors (Lipinski definition) is 2. The van der Waals surface area contributed by atoms with Crippen LogP contribution in [0.15, 0.2) is 21.5 Å². The van der Waals surface area contributed by atoms with Gasteiger partial charge in [0, 0.05) is 16.5 Å². The van der Waals surface area contributed by atoms with Gasteiger partial charge in [-0.2, -0.15) is 5.26 Å². The molecular weight excluding hydrogens is 313 g/mol. The first-order chi connectivity index (χ1) is 7.60. The summed E-state index contributed by atoms with van der Waals surface area (Å²) >= 11 is 10.2. The van der Waals surface area contributed by atoms with Gasteiger partial charge in [0.05, 0.1) is 10.0 Å².